The molecule has 1 aromatic carbocycles. The molecular weight excluding hydrogens is 413 g/mol. The number of nitrogens with two attached hydrogens (primary N) is 3. The normalized spacial score (nSPS) is 12.1. The Morgan fingerprint density at radius 3 is 2.76 bits per heavy atom. The molecule has 0 atom stereocenters. The monoisotopic (exact) mass is 437 g/mol. The number of hydrogen-bond donors (Lipinski definition) is 3. The van der Waals surface area contributed by atoms with Crippen molar-refractivity contribution in [2.75, 3.05) is 20.4 Å². The molecule has 2 aromatic rings. The van der Waals surface area contributed by atoms with Crippen molar-refractivity contribution in [1.29, 1.82) is 0 Å². The maximum Gasteiger partial charge on any atom is 0.161 e. The molecule has 10 heteroatoms. The highest BCUT2D eigenvalue weighted by Gasteiger charge is 2.13. The second kappa shape index (κ2) is 10.7. The minimum Gasteiger partial charge on any atom is -0.493 e. The average Bonchev–Trinajstić information content (AvgIpc) is 3.04. The van der Waals surface area contributed by atoms with E-state index in [4.69, 9.17) is 31.7 Å². The summed E-state index contributed by atoms with van der Waals surface area (Å²) in [4.78, 5) is 9.81. The number of alkyl halides is 1. The largest absolute Gasteiger partial charge is 0.493 e. The summed E-state index contributed by atoms with van der Waals surface area (Å²) in [5, 5.41) is 1.13. The van der Waals surface area contributed by atoms with Crippen molar-refractivity contribution in [1.82, 2.24) is 4.98 Å². The van der Waals surface area contributed by atoms with Gasteiger partial charge in [0.2, 0.25) is 0 Å². The van der Waals surface area contributed by atoms with Gasteiger partial charge in [0.25, 0.3) is 0 Å². The van der Waals surface area contributed by atoms with Gasteiger partial charge in [-0.25, -0.2) is 14.4 Å². The molecule has 0 radical (unpaired) electrons. The second-order valence-electron chi connectivity index (χ2n) is 5.81. The number of methoxy groups -OCH3 is 1. The van der Waals surface area contributed by atoms with Crippen LogP contribution in [0.4, 0.5) is 4.39 Å². The van der Waals surface area contributed by atoms with E-state index in [9.17, 15) is 4.39 Å². The topological polar surface area (TPSA) is 122 Å². The molecule has 1 aromatic heterocycles. The maximum atomic E-state index is 12.5. The Morgan fingerprint density at radius 1 is 1.34 bits per heavy atom. The molecular formula is C19H24FN5O2S2. The van der Waals surface area contributed by atoms with E-state index in [1.807, 2.05) is 13.0 Å². The van der Waals surface area contributed by atoms with E-state index in [0.29, 0.717) is 28.1 Å². The lowest BCUT2D eigenvalue weighted by Gasteiger charge is -2.10. The molecule has 0 fully saturated rings. The SMILES string of the molecule is C=C(N)/C=C(/N)N=C(N)SCc1nc(-c2ccc(OC)c(OCCF)c2)sc1C. The molecule has 0 unspecified atom stereocenters. The third-order valence-corrected chi connectivity index (χ3v) is 5.43. The van der Waals surface area contributed by atoms with Crippen LogP contribution in [0.3, 0.4) is 0 Å². The summed E-state index contributed by atoms with van der Waals surface area (Å²) >= 11 is 2.87. The first-order chi connectivity index (χ1) is 13.8. The Kier molecular flexibility index (Phi) is 8.34. The summed E-state index contributed by atoms with van der Waals surface area (Å²) in [6.45, 7) is 4.91. The van der Waals surface area contributed by atoms with Crippen LogP contribution in [0, 0.1) is 6.92 Å². The van der Waals surface area contributed by atoms with Crippen LogP contribution in [0.15, 0.2) is 47.4 Å². The van der Waals surface area contributed by atoms with Crippen LogP contribution in [0.25, 0.3) is 10.6 Å². The van der Waals surface area contributed by atoms with Gasteiger partial charge in [0.05, 0.1) is 12.8 Å². The highest BCUT2D eigenvalue weighted by molar-refractivity contribution is 8.13. The Bertz CT molecular complexity index is 927. The molecule has 2 rings (SSSR count). The molecule has 0 spiro atoms. The predicted molar refractivity (Wildman–Crippen MR) is 119 cm³/mol. The molecule has 1 heterocycles. The highest BCUT2D eigenvalue weighted by atomic mass is 32.2. The number of thioether (sulfide) groups is 1. The van der Waals surface area contributed by atoms with Gasteiger partial charge in [-0.15, -0.1) is 11.3 Å². The lowest BCUT2D eigenvalue weighted by Crippen LogP contribution is -2.10. The first-order valence-corrected chi connectivity index (χ1v) is 10.4. The molecule has 0 saturated heterocycles. The molecule has 6 N–H and O–H groups in total. The number of rotatable bonds is 9. The fourth-order valence-electron chi connectivity index (χ4n) is 2.28. The number of aromatic nitrogens is 1. The first kappa shape index (κ1) is 22.6. The zero-order valence-electron chi connectivity index (χ0n) is 16.3. The van der Waals surface area contributed by atoms with E-state index in [2.05, 4.69) is 11.6 Å². The zero-order valence-corrected chi connectivity index (χ0v) is 17.9. The number of thiazole rings is 1. The van der Waals surface area contributed by atoms with Crippen molar-refractivity contribution in [2.24, 2.45) is 22.2 Å². The van der Waals surface area contributed by atoms with Crippen LogP contribution < -0.4 is 26.7 Å². The van der Waals surface area contributed by atoms with Crippen LogP contribution >= 0.6 is 23.1 Å². The van der Waals surface area contributed by atoms with E-state index in [1.165, 1.54) is 24.9 Å². The van der Waals surface area contributed by atoms with Crippen molar-refractivity contribution in [3.05, 3.63) is 52.9 Å². The number of hydrogen-bond acceptors (Lipinski definition) is 8. The minimum absolute atomic E-state index is 0.0354. The smallest absolute Gasteiger partial charge is 0.161 e. The van der Waals surface area contributed by atoms with Gasteiger partial charge in [0.1, 0.15) is 24.1 Å². The van der Waals surface area contributed by atoms with Gasteiger partial charge in [0, 0.05) is 28.0 Å². The summed E-state index contributed by atoms with van der Waals surface area (Å²) in [6.07, 6.45) is 1.44. The van der Waals surface area contributed by atoms with E-state index in [1.54, 1.807) is 23.5 Å². The highest BCUT2D eigenvalue weighted by Crippen LogP contribution is 2.35. The molecule has 29 heavy (non-hydrogen) atoms. The Labute approximate surface area is 177 Å². The molecule has 7 nitrogen and oxygen atoms in total. The number of ether oxygens (including phenoxy) is 2. The molecule has 0 aliphatic carbocycles. The quantitative estimate of drug-likeness (QED) is 0.312. The van der Waals surface area contributed by atoms with E-state index in [0.717, 1.165) is 21.1 Å². The number of benzene rings is 1. The minimum atomic E-state index is -0.576. The van der Waals surface area contributed by atoms with Gasteiger partial charge in [-0.05, 0) is 25.1 Å². The molecule has 0 bridgehead atoms. The van der Waals surface area contributed by atoms with Crippen molar-refractivity contribution in [3.63, 3.8) is 0 Å². The molecule has 0 aliphatic heterocycles. The Hall–Kier alpha value is -2.72. The second-order valence-corrected chi connectivity index (χ2v) is 8.01. The van der Waals surface area contributed by atoms with E-state index < -0.39 is 6.67 Å². The van der Waals surface area contributed by atoms with Gasteiger partial charge in [0.15, 0.2) is 16.7 Å². The van der Waals surface area contributed by atoms with Gasteiger partial charge in [-0.2, -0.15) is 0 Å². The van der Waals surface area contributed by atoms with Crippen molar-refractivity contribution >= 4 is 28.3 Å². The zero-order chi connectivity index (χ0) is 21.4. The number of halogens is 1. The summed E-state index contributed by atoms with van der Waals surface area (Å²) in [5.74, 6) is 1.75. The standard InChI is InChI=1S/C19H24FN5O2S2/c1-11(21)8-17(22)25-19(23)28-10-14-12(2)29-18(24-14)13-4-5-15(26-3)16(9-13)27-7-6-20/h4-5,8-9H,1,6-7,10,21-22H2,2-3H3,(H2,23,25)/b17-8-. The summed E-state index contributed by atoms with van der Waals surface area (Å²) in [5.41, 5.74) is 19.1. The molecule has 0 saturated carbocycles. The van der Waals surface area contributed by atoms with E-state index >= 15 is 0 Å². The Balaban J connectivity index is 2.16. The van der Waals surface area contributed by atoms with Crippen LogP contribution in [-0.2, 0) is 5.75 Å². The van der Waals surface area contributed by atoms with Crippen LogP contribution in [0.1, 0.15) is 10.6 Å². The van der Waals surface area contributed by atoms with Crippen molar-refractivity contribution in [3.8, 4) is 22.1 Å². The van der Waals surface area contributed by atoms with Gasteiger partial charge >= 0.3 is 0 Å². The third kappa shape index (κ3) is 6.68. The summed E-state index contributed by atoms with van der Waals surface area (Å²) in [6, 6.07) is 5.46. The molecule has 0 amide bonds. The maximum absolute atomic E-state index is 12.5. The average molecular weight is 438 g/mol. The number of amidine groups is 1. The van der Waals surface area contributed by atoms with Crippen LogP contribution in [-0.4, -0.2) is 30.5 Å². The van der Waals surface area contributed by atoms with Gasteiger partial charge in [-0.3, -0.25) is 0 Å². The molecule has 156 valence electrons. The number of aryl methyl sites for hydroxylation is 1. The van der Waals surface area contributed by atoms with Crippen molar-refractivity contribution < 1.29 is 13.9 Å². The fraction of sp³-hybridized carbons (Fsp3) is 0.263. The lowest BCUT2D eigenvalue weighted by molar-refractivity contribution is 0.260. The summed E-state index contributed by atoms with van der Waals surface area (Å²) < 4.78 is 23.2. The molecule has 0 aliphatic rings. The number of nitrogens with zero attached hydrogens (tertiary/aromatic N) is 2. The van der Waals surface area contributed by atoms with Gasteiger partial charge < -0.3 is 26.7 Å². The third-order valence-electron chi connectivity index (χ3n) is 3.57. The lowest BCUT2D eigenvalue weighted by atomic mass is 10.2. The van der Waals surface area contributed by atoms with Gasteiger partial charge in [-0.1, -0.05) is 18.3 Å². The predicted octanol–water partition coefficient (Wildman–Crippen LogP) is 3.30. The fourth-order valence-corrected chi connectivity index (χ4v) is 4.03. The Morgan fingerprint density at radius 2 is 2.10 bits per heavy atom. The number of aliphatic imine (C=N–C) groups is 1. The number of allylic oxidation sites excluding steroid dienone is 1. The summed E-state index contributed by atoms with van der Waals surface area (Å²) in [7, 11) is 1.54. The van der Waals surface area contributed by atoms with Crippen LogP contribution in [0.5, 0.6) is 11.5 Å². The van der Waals surface area contributed by atoms with Crippen LogP contribution in [0.2, 0.25) is 0 Å². The van der Waals surface area contributed by atoms with E-state index in [-0.39, 0.29) is 12.4 Å². The first-order valence-electron chi connectivity index (χ1n) is 8.56. The van der Waals surface area contributed by atoms with Crippen molar-refractivity contribution in [2.45, 2.75) is 12.7 Å².